The van der Waals surface area contributed by atoms with E-state index in [1.165, 1.54) is 12.8 Å². The molecule has 1 aliphatic heterocycles. The average molecular weight is 387 g/mol. The Labute approximate surface area is 170 Å². The first-order valence-corrected chi connectivity index (χ1v) is 10.3. The normalized spacial score (nSPS) is 19.3. The summed E-state index contributed by atoms with van der Waals surface area (Å²) in [5, 5.41) is 4.56. The molecule has 0 radical (unpaired) electrons. The maximum absolute atomic E-state index is 4.92. The number of fused-ring (bicyclic) bond motifs is 1. The van der Waals surface area contributed by atoms with Crippen LogP contribution in [-0.4, -0.2) is 36.4 Å². The van der Waals surface area contributed by atoms with Crippen LogP contribution in [0.3, 0.4) is 0 Å². The van der Waals surface area contributed by atoms with E-state index in [0.29, 0.717) is 18.6 Å². The van der Waals surface area contributed by atoms with Gasteiger partial charge in [-0.3, -0.25) is 4.68 Å². The van der Waals surface area contributed by atoms with E-state index in [-0.39, 0.29) is 0 Å². The van der Waals surface area contributed by atoms with Gasteiger partial charge in [-0.15, -0.1) is 0 Å². The van der Waals surface area contributed by atoms with E-state index in [1.54, 1.807) is 0 Å². The van der Waals surface area contributed by atoms with Crippen molar-refractivity contribution in [2.24, 2.45) is 7.05 Å². The van der Waals surface area contributed by atoms with Crippen LogP contribution in [0.5, 0.6) is 0 Å². The number of aromatic nitrogens is 5. The fraction of sp³-hybridized carbons (Fsp3) is 0.348. The fourth-order valence-electron chi connectivity index (χ4n) is 4.48. The van der Waals surface area contributed by atoms with Gasteiger partial charge in [-0.1, -0.05) is 12.1 Å². The van der Waals surface area contributed by atoms with Crippen LogP contribution in [0, 0.1) is 0 Å². The number of anilines is 1. The highest BCUT2D eigenvalue weighted by atomic mass is 15.3. The van der Waals surface area contributed by atoms with E-state index in [4.69, 9.17) is 9.97 Å². The van der Waals surface area contributed by atoms with Crippen molar-refractivity contribution >= 4 is 16.9 Å². The largest absolute Gasteiger partial charge is 0.351 e. The molecule has 148 valence electrons. The molecule has 3 aromatic heterocycles. The summed E-state index contributed by atoms with van der Waals surface area (Å²) in [5.74, 6) is 1.98. The zero-order chi connectivity index (χ0) is 20.0. The Hall–Kier alpha value is -3.15. The predicted molar refractivity (Wildman–Crippen MR) is 116 cm³/mol. The Balaban J connectivity index is 1.55. The number of hydrogen-bond donors (Lipinski definition) is 0. The molecule has 6 heteroatoms. The SMILES string of the molecule is C[C@H]1CC[C@H](C)N1c1ccc(-c2nc3ccccc3n2Cc2ccn(C)n2)cn1. The third-order valence-electron chi connectivity index (χ3n) is 5.97. The van der Waals surface area contributed by atoms with Crippen LogP contribution in [0.4, 0.5) is 5.82 Å². The number of rotatable bonds is 4. The highest BCUT2D eigenvalue weighted by Gasteiger charge is 2.28. The summed E-state index contributed by atoms with van der Waals surface area (Å²) in [5.41, 5.74) is 4.14. The maximum Gasteiger partial charge on any atom is 0.143 e. The van der Waals surface area contributed by atoms with E-state index in [2.05, 4.69) is 64.8 Å². The first-order valence-electron chi connectivity index (χ1n) is 10.3. The molecule has 0 unspecified atom stereocenters. The van der Waals surface area contributed by atoms with Gasteiger partial charge in [-0.2, -0.15) is 5.10 Å². The number of para-hydroxylation sites is 2. The Morgan fingerprint density at radius 3 is 2.48 bits per heavy atom. The molecular weight excluding hydrogens is 360 g/mol. The van der Waals surface area contributed by atoms with E-state index in [9.17, 15) is 0 Å². The summed E-state index contributed by atoms with van der Waals surface area (Å²) >= 11 is 0. The molecule has 0 amide bonds. The maximum atomic E-state index is 4.92. The summed E-state index contributed by atoms with van der Waals surface area (Å²) in [6.07, 6.45) is 6.39. The third-order valence-corrected chi connectivity index (χ3v) is 5.97. The lowest BCUT2D eigenvalue weighted by atomic mass is 10.2. The van der Waals surface area contributed by atoms with Crippen LogP contribution in [0.15, 0.2) is 54.9 Å². The Morgan fingerprint density at radius 2 is 1.79 bits per heavy atom. The van der Waals surface area contributed by atoms with Gasteiger partial charge in [0.25, 0.3) is 0 Å². The van der Waals surface area contributed by atoms with Gasteiger partial charge in [-0.05, 0) is 57.0 Å². The molecule has 1 saturated heterocycles. The lowest BCUT2D eigenvalue weighted by Gasteiger charge is -2.27. The zero-order valence-electron chi connectivity index (χ0n) is 17.2. The quantitative estimate of drug-likeness (QED) is 0.526. The molecule has 2 atom stereocenters. The van der Waals surface area contributed by atoms with Gasteiger partial charge in [-0.25, -0.2) is 9.97 Å². The zero-order valence-corrected chi connectivity index (χ0v) is 17.2. The topological polar surface area (TPSA) is 51.8 Å². The van der Waals surface area contributed by atoms with Crippen molar-refractivity contribution in [1.29, 1.82) is 0 Å². The summed E-state index contributed by atoms with van der Waals surface area (Å²) in [6.45, 7) is 5.25. The number of hydrogen-bond acceptors (Lipinski definition) is 4. The smallest absolute Gasteiger partial charge is 0.143 e. The van der Waals surface area contributed by atoms with Gasteiger partial charge in [0.05, 0.1) is 23.3 Å². The molecule has 1 aromatic carbocycles. The molecule has 0 saturated carbocycles. The molecule has 4 aromatic rings. The molecule has 0 spiro atoms. The summed E-state index contributed by atoms with van der Waals surface area (Å²) in [7, 11) is 1.94. The lowest BCUT2D eigenvalue weighted by molar-refractivity contribution is 0.683. The fourth-order valence-corrected chi connectivity index (χ4v) is 4.48. The molecule has 4 heterocycles. The number of pyridine rings is 1. The van der Waals surface area contributed by atoms with Crippen molar-refractivity contribution in [3.63, 3.8) is 0 Å². The van der Waals surface area contributed by atoms with Gasteiger partial charge >= 0.3 is 0 Å². The summed E-state index contributed by atoms with van der Waals surface area (Å²) in [4.78, 5) is 12.2. The minimum absolute atomic E-state index is 0.539. The van der Waals surface area contributed by atoms with E-state index in [1.807, 2.05) is 30.2 Å². The van der Waals surface area contributed by atoms with Crippen molar-refractivity contribution in [1.82, 2.24) is 24.3 Å². The second-order valence-electron chi connectivity index (χ2n) is 8.08. The Morgan fingerprint density at radius 1 is 1.00 bits per heavy atom. The number of nitrogens with zero attached hydrogens (tertiary/aromatic N) is 6. The van der Waals surface area contributed by atoms with Gasteiger partial charge in [0.15, 0.2) is 0 Å². The first-order chi connectivity index (χ1) is 14.1. The average Bonchev–Trinajstić information content (AvgIpc) is 3.40. The predicted octanol–water partition coefficient (Wildman–Crippen LogP) is 4.26. The van der Waals surface area contributed by atoms with Crippen molar-refractivity contribution in [2.45, 2.75) is 45.3 Å². The van der Waals surface area contributed by atoms with Crippen LogP contribution in [0.1, 0.15) is 32.4 Å². The highest BCUT2D eigenvalue weighted by Crippen LogP contribution is 2.31. The Bertz CT molecular complexity index is 1130. The van der Waals surface area contributed by atoms with Crippen LogP contribution in [-0.2, 0) is 13.6 Å². The standard InChI is InChI=1S/C23H26N6/c1-16-8-9-17(2)29(16)22-11-10-18(14-24-22)23-25-20-6-4-5-7-21(20)28(23)15-19-12-13-27(3)26-19/h4-7,10-14,16-17H,8-9,15H2,1-3H3/t16-,17-/m0/s1. The van der Waals surface area contributed by atoms with Crippen LogP contribution in [0.25, 0.3) is 22.4 Å². The molecule has 29 heavy (non-hydrogen) atoms. The van der Waals surface area contributed by atoms with Gasteiger partial charge < -0.3 is 9.47 Å². The van der Waals surface area contributed by atoms with E-state index < -0.39 is 0 Å². The number of aryl methyl sites for hydroxylation is 1. The lowest BCUT2D eigenvalue weighted by Crippen LogP contribution is -2.33. The minimum atomic E-state index is 0.539. The molecular formula is C23H26N6. The van der Waals surface area contributed by atoms with E-state index in [0.717, 1.165) is 33.9 Å². The molecule has 0 aliphatic carbocycles. The second-order valence-corrected chi connectivity index (χ2v) is 8.08. The van der Waals surface area contributed by atoms with Crippen molar-refractivity contribution in [2.75, 3.05) is 4.90 Å². The van der Waals surface area contributed by atoms with Crippen molar-refractivity contribution in [3.8, 4) is 11.4 Å². The minimum Gasteiger partial charge on any atom is -0.351 e. The van der Waals surface area contributed by atoms with Gasteiger partial charge in [0, 0.05) is 37.1 Å². The first kappa shape index (κ1) is 17.9. The summed E-state index contributed by atoms with van der Waals surface area (Å²) < 4.78 is 4.07. The van der Waals surface area contributed by atoms with Crippen molar-refractivity contribution < 1.29 is 0 Å². The van der Waals surface area contributed by atoms with Crippen LogP contribution < -0.4 is 4.90 Å². The van der Waals surface area contributed by atoms with Gasteiger partial charge in [0.2, 0.25) is 0 Å². The molecule has 5 rings (SSSR count). The Kier molecular flexibility index (Phi) is 4.34. The number of imidazole rings is 1. The molecule has 0 N–H and O–H groups in total. The third kappa shape index (κ3) is 3.18. The monoisotopic (exact) mass is 386 g/mol. The molecule has 0 bridgehead atoms. The van der Waals surface area contributed by atoms with Crippen LogP contribution in [0.2, 0.25) is 0 Å². The molecule has 1 aliphatic rings. The molecule has 6 nitrogen and oxygen atoms in total. The van der Waals surface area contributed by atoms with E-state index >= 15 is 0 Å². The van der Waals surface area contributed by atoms with Crippen LogP contribution >= 0.6 is 0 Å². The highest BCUT2D eigenvalue weighted by molar-refractivity contribution is 5.80. The number of benzene rings is 1. The molecule has 1 fully saturated rings. The summed E-state index contributed by atoms with van der Waals surface area (Å²) in [6, 6.07) is 15.7. The second kappa shape index (κ2) is 7.03. The van der Waals surface area contributed by atoms with Crippen molar-refractivity contribution in [3.05, 3.63) is 60.6 Å². The van der Waals surface area contributed by atoms with Gasteiger partial charge in [0.1, 0.15) is 11.6 Å².